The van der Waals surface area contributed by atoms with Gasteiger partial charge in [-0.25, -0.2) is 18.3 Å². The SMILES string of the molecule is O=C(O)CC[C@H](NC(=O)c1cc(OCC(=O)N2CCC[C@H]2C(=O)NC2CC2(F)F)n(-c2ccccc2)n1)C(=O)N1CCN(C(=O)O)CC1. The maximum atomic E-state index is 13.4. The van der Waals surface area contributed by atoms with Crippen molar-refractivity contribution >= 4 is 35.7 Å². The minimum atomic E-state index is -2.95. The summed E-state index contributed by atoms with van der Waals surface area (Å²) in [4.78, 5) is 78.8. The van der Waals surface area contributed by atoms with E-state index >= 15 is 0 Å². The first-order chi connectivity index (χ1) is 22.8. The summed E-state index contributed by atoms with van der Waals surface area (Å²) in [6, 6.07) is 6.28. The van der Waals surface area contributed by atoms with Crippen molar-refractivity contribution in [2.75, 3.05) is 39.3 Å². The van der Waals surface area contributed by atoms with Crippen LogP contribution in [0.1, 0.15) is 42.6 Å². The number of likely N-dealkylation sites (tertiary alicyclic amines) is 1. The molecule has 4 N–H and O–H groups in total. The second-order valence-corrected chi connectivity index (χ2v) is 11.7. The number of nitrogens with one attached hydrogen (secondary N) is 2. The van der Waals surface area contributed by atoms with Gasteiger partial charge in [0.25, 0.3) is 17.7 Å². The number of nitrogens with zero attached hydrogens (tertiary/aromatic N) is 5. The summed E-state index contributed by atoms with van der Waals surface area (Å²) in [5.41, 5.74) is 0.242. The first-order valence-corrected chi connectivity index (χ1v) is 15.4. The van der Waals surface area contributed by atoms with Crippen molar-refractivity contribution in [2.24, 2.45) is 0 Å². The quantitative estimate of drug-likeness (QED) is 0.246. The Bertz CT molecular complexity index is 1560. The molecule has 1 unspecified atom stereocenters. The number of carbonyl (C=O) groups is 6. The molecule has 0 bridgehead atoms. The van der Waals surface area contributed by atoms with Crippen molar-refractivity contribution < 1.29 is 52.5 Å². The molecule has 0 spiro atoms. The highest BCUT2D eigenvalue weighted by Crippen LogP contribution is 2.41. The predicted molar refractivity (Wildman–Crippen MR) is 160 cm³/mol. The molecule has 18 heteroatoms. The topological polar surface area (TPSA) is 204 Å². The summed E-state index contributed by atoms with van der Waals surface area (Å²) < 4.78 is 33.7. The number of aromatic nitrogens is 2. The smallest absolute Gasteiger partial charge is 0.407 e. The Kier molecular flexibility index (Phi) is 10.1. The number of ether oxygens (including phenoxy) is 1. The maximum absolute atomic E-state index is 13.4. The molecule has 3 fully saturated rings. The molecule has 1 aromatic heterocycles. The number of alkyl halides is 2. The highest BCUT2D eigenvalue weighted by Gasteiger charge is 2.58. The highest BCUT2D eigenvalue weighted by atomic mass is 19.3. The normalized spacial score (nSPS) is 20.5. The van der Waals surface area contributed by atoms with Gasteiger partial charge in [-0.1, -0.05) is 18.2 Å². The van der Waals surface area contributed by atoms with E-state index in [1.165, 1.54) is 20.5 Å². The number of benzene rings is 1. The fourth-order valence-corrected chi connectivity index (χ4v) is 5.62. The van der Waals surface area contributed by atoms with Crippen LogP contribution in [0, 0.1) is 0 Å². The molecule has 2 aliphatic heterocycles. The second kappa shape index (κ2) is 14.2. The van der Waals surface area contributed by atoms with Crippen molar-refractivity contribution in [1.82, 2.24) is 35.1 Å². The molecule has 1 aromatic carbocycles. The van der Waals surface area contributed by atoms with E-state index in [-0.39, 0.29) is 50.7 Å². The number of hydrogen-bond donors (Lipinski definition) is 4. The number of carboxylic acids is 1. The number of aliphatic carboxylic acids is 1. The van der Waals surface area contributed by atoms with Gasteiger partial charge in [-0.3, -0.25) is 24.0 Å². The van der Waals surface area contributed by atoms with Gasteiger partial charge in [0, 0.05) is 51.6 Å². The van der Waals surface area contributed by atoms with Crippen molar-refractivity contribution in [2.45, 2.75) is 56.2 Å². The monoisotopic (exact) mass is 675 g/mol. The Morgan fingerprint density at radius 3 is 2.29 bits per heavy atom. The molecule has 0 radical (unpaired) electrons. The lowest BCUT2D eigenvalue weighted by Crippen LogP contribution is -2.55. The fourth-order valence-electron chi connectivity index (χ4n) is 5.62. The van der Waals surface area contributed by atoms with E-state index in [0.717, 1.165) is 4.90 Å². The molecule has 2 saturated heterocycles. The average Bonchev–Trinajstić information content (AvgIpc) is 3.43. The number of hydrogen-bond acceptors (Lipinski definition) is 8. The van der Waals surface area contributed by atoms with Gasteiger partial charge in [-0.2, -0.15) is 5.10 Å². The molecule has 5 amide bonds. The summed E-state index contributed by atoms with van der Waals surface area (Å²) in [7, 11) is 0. The minimum Gasteiger partial charge on any atom is -0.481 e. The number of rotatable bonds is 12. The largest absolute Gasteiger partial charge is 0.481 e. The van der Waals surface area contributed by atoms with Gasteiger partial charge >= 0.3 is 12.1 Å². The van der Waals surface area contributed by atoms with Crippen LogP contribution in [-0.4, -0.2) is 134 Å². The van der Waals surface area contributed by atoms with Crippen LogP contribution in [0.3, 0.4) is 0 Å². The first-order valence-electron chi connectivity index (χ1n) is 15.4. The number of para-hydroxylation sites is 1. The van der Waals surface area contributed by atoms with Gasteiger partial charge < -0.3 is 40.3 Å². The maximum Gasteiger partial charge on any atom is 0.407 e. The predicted octanol–water partition coefficient (Wildman–Crippen LogP) is 0.551. The third kappa shape index (κ3) is 7.98. The van der Waals surface area contributed by atoms with E-state index in [4.69, 9.17) is 4.74 Å². The summed E-state index contributed by atoms with van der Waals surface area (Å²) in [6.45, 7) is -0.103. The molecule has 3 heterocycles. The van der Waals surface area contributed by atoms with Crippen LogP contribution in [0.15, 0.2) is 36.4 Å². The lowest BCUT2D eigenvalue weighted by molar-refractivity contribution is -0.140. The van der Waals surface area contributed by atoms with Gasteiger partial charge in [-0.15, -0.1) is 0 Å². The molecule has 3 atom stereocenters. The molecular formula is C30H35F2N7O9. The highest BCUT2D eigenvalue weighted by molar-refractivity contribution is 5.96. The third-order valence-electron chi connectivity index (χ3n) is 8.38. The van der Waals surface area contributed by atoms with Crippen LogP contribution in [0.4, 0.5) is 13.6 Å². The number of piperazine rings is 1. The lowest BCUT2D eigenvalue weighted by Gasteiger charge is -2.35. The Morgan fingerprint density at radius 2 is 1.67 bits per heavy atom. The van der Waals surface area contributed by atoms with Gasteiger partial charge in [0.2, 0.25) is 17.7 Å². The van der Waals surface area contributed by atoms with Gasteiger partial charge in [0.1, 0.15) is 12.1 Å². The average molecular weight is 676 g/mol. The molecular weight excluding hydrogens is 640 g/mol. The number of carboxylic acid groups (broad SMARTS) is 2. The zero-order valence-electron chi connectivity index (χ0n) is 25.7. The zero-order chi connectivity index (χ0) is 34.6. The van der Waals surface area contributed by atoms with E-state index in [2.05, 4.69) is 15.7 Å². The Labute approximate surface area is 272 Å². The molecule has 1 saturated carbocycles. The van der Waals surface area contributed by atoms with Gasteiger partial charge in [-0.05, 0) is 31.4 Å². The molecule has 3 aliphatic rings. The van der Waals surface area contributed by atoms with Gasteiger partial charge in [0.05, 0.1) is 11.7 Å². The Morgan fingerprint density at radius 1 is 1.00 bits per heavy atom. The van der Waals surface area contributed by atoms with Crippen LogP contribution in [-0.2, 0) is 19.2 Å². The molecule has 258 valence electrons. The van der Waals surface area contributed by atoms with Crippen molar-refractivity contribution in [1.29, 1.82) is 0 Å². The van der Waals surface area contributed by atoms with E-state index in [1.54, 1.807) is 30.3 Å². The van der Waals surface area contributed by atoms with Crippen LogP contribution in [0.5, 0.6) is 5.88 Å². The molecule has 16 nitrogen and oxygen atoms in total. The first kappa shape index (κ1) is 34.1. The Balaban J connectivity index is 1.28. The minimum absolute atomic E-state index is 0.0317. The molecule has 5 rings (SSSR count). The van der Waals surface area contributed by atoms with Gasteiger partial charge in [0.15, 0.2) is 12.3 Å². The summed E-state index contributed by atoms with van der Waals surface area (Å²) >= 11 is 0. The zero-order valence-corrected chi connectivity index (χ0v) is 25.7. The molecule has 48 heavy (non-hydrogen) atoms. The fraction of sp³-hybridized carbons (Fsp3) is 0.500. The van der Waals surface area contributed by atoms with Crippen molar-refractivity contribution in [3.63, 3.8) is 0 Å². The van der Waals surface area contributed by atoms with Crippen molar-refractivity contribution in [3.8, 4) is 11.6 Å². The van der Waals surface area contributed by atoms with E-state index in [1.807, 2.05) is 0 Å². The van der Waals surface area contributed by atoms with Crippen LogP contribution >= 0.6 is 0 Å². The summed E-state index contributed by atoms with van der Waals surface area (Å²) in [6.07, 6.45) is -1.44. The van der Waals surface area contributed by atoms with Crippen LogP contribution < -0.4 is 15.4 Å². The van der Waals surface area contributed by atoms with Crippen LogP contribution in [0.25, 0.3) is 5.69 Å². The summed E-state index contributed by atoms with van der Waals surface area (Å²) in [5, 5.41) is 27.6. The number of halogens is 2. The van der Waals surface area contributed by atoms with E-state index in [9.17, 15) is 47.8 Å². The second-order valence-electron chi connectivity index (χ2n) is 11.7. The molecule has 2 aromatic rings. The third-order valence-corrected chi connectivity index (χ3v) is 8.38. The van der Waals surface area contributed by atoms with E-state index < -0.39 is 79.2 Å². The number of amides is 5. The number of carbonyl (C=O) groups excluding carboxylic acids is 4. The summed E-state index contributed by atoms with van der Waals surface area (Å²) in [5.74, 6) is -6.81. The van der Waals surface area contributed by atoms with Crippen molar-refractivity contribution in [3.05, 3.63) is 42.1 Å². The van der Waals surface area contributed by atoms with E-state index in [0.29, 0.717) is 18.5 Å². The molecule has 1 aliphatic carbocycles. The standard InChI is InChI=1S/C30H35F2N7O9/c31-30(32)16-22(30)34-27(44)21-7-4-10-38(21)23(40)17-48-24-15-20(35-39(24)18-5-2-1-3-6-18)26(43)33-19(8-9-25(41)42)28(45)36-11-13-37(14-12-36)29(46)47/h1-3,5-6,15,19,21-22H,4,7-14,16-17H2,(H,33,43)(H,34,44)(H,41,42)(H,46,47)/t19-,21-,22?/m0/s1. The van der Waals surface area contributed by atoms with Crippen LogP contribution in [0.2, 0.25) is 0 Å². The Hall–Kier alpha value is -5.29. The lowest BCUT2D eigenvalue weighted by atomic mass is 10.1.